The van der Waals surface area contributed by atoms with E-state index in [0.29, 0.717) is 0 Å². The van der Waals surface area contributed by atoms with E-state index in [1.165, 1.54) is 13.0 Å². The monoisotopic (exact) mass is 286 g/mol. The topological polar surface area (TPSA) is 35.9 Å². The zero-order valence-electron chi connectivity index (χ0n) is 13.7. The van der Waals surface area contributed by atoms with Gasteiger partial charge in [-0.3, -0.25) is 0 Å². The van der Waals surface area contributed by atoms with E-state index in [1.807, 2.05) is 0 Å². The molecule has 0 bridgehead atoms. The average Bonchev–Trinajstić information content (AvgIpc) is 2.51. The predicted octanol–water partition coefficient (Wildman–Crippen LogP) is 1.83. The van der Waals surface area contributed by atoms with Gasteiger partial charge >= 0.3 is 0 Å². The summed E-state index contributed by atoms with van der Waals surface area (Å²) in [5, 5.41) is 9.76. The Balaban J connectivity index is 2.37. The number of rotatable bonds is 10. The van der Waals surface area contributed by atoms with Crippen molar-refractivity contribution in [2.24, 2.45) is 5.41 Å². The Hall–Kier alpha value is -0.160. The summed E-state index contributed by atoms with van der Waals surface area (Å²) < 4.78 is 5.60. The summed E-state index contributed by atoms with van der Waals surface area (Å²) in [4.78, 5) is 4.95. The second-order valence-corrected chi connectivity index (χ2v) is 6.06. The van der Waals surface area contributed by atoms with E-state index in [0.717, 1.165) is 58.8 Å². The molecule has 1 rings (SSSR count). The molecular weight excluding hydrogens is 252 g/mol. The largest absolute Gasteiger partial charge is 0.396 e. The van der Waals surface area contributed by atoms with Crippen LogP contribution in [0.1, 0.15) is 40.0 Å². The van der Waals surface area contributed by atoms with Crippen LogP contribution in [-0.4, -0.2) is 74.0 Å². The number of hydrogen-bond acceptors (Lipinski definition) is 4. The Morgan fingerprint density at radius 2 is 1.70 bits per heavy atom. The first-order valence-electron chi connectivity index (χ1n) is 8.33. The van der Waals surface area contributed by atoms with Gasteiger partial charge in [-0.1, -0.05) is 20.8 Å². The molecule has 1 atom stereocenters. The highest BCUT2D eigenvalue weighted by atomic mass is 16.5. The number of aliphatic hydroxyl groups excluding tert-OH is 1. The Kier molecular flexibility index (Phi) is 8.69. The average molecular weight is 286 g/mol. The maximum atomic E-state index is 9.76. The molecule has 120 valence electrons. The Bertz CT molecular complexity index is 239. The SMILES string of the molecule is CCN(CC)CCCN(CC)CC1(CO)CCCOC1. The Labute approximate surface area is 125 Å². The van der Waals surface area contributed by atoms with Crippen LogP contribution in [0.25, 0.3) is 0 Å². The van der Waals surface area contributed by atoms with Gasteiger partial charge in [0.05, 0.1) is 13.2 Å². The first kappa shape index (κ1) is 17.9. The molecule has 4 nitrogen and oxygen atoms in total. The second kappa shape index (κ2) is 9.72. The van der Waals surface area contributed by atoms with Crippen LogP contribution in [-0.2, 0) is 4.74 Å². The highest BCUT2D eigenvalue weighted by Gasteiger charge is 2.33. The van der Waals surface area contributed by atoms with Crippen molar-refractivity contribution in [1.29, 1.82) is 0 Å². The smallest absolute Gasteiger partial charge is 0.0556 e. The molecule has 0 aromatic heterocycles. The maximum Gasteiger partial charge on any atom is 0.0556 e. The molecule has 1 fully saturated rings. The van der Waals surface area contributed by atoms with E-state index in [-0.39, 0.29) is 12.0 Å². The molecular formula is C16H34N2O2. The zero-order chi connectivity index (χ0) is 14.8. The van der Waals surface area contributed by atoms with Gasteiger partial charge < -0.3 is 19.6 Å². The van der Waals surface area contributed by atoms with Gasteiger partial charge in [-0.25, -0.2) is 0 Å². The number of aliphatic hydroxyl groups is 1. The van der Waals surface area contributed by atoms with Gasteiger partial charge in [0, 0.05) is 18.6 Å². The summed E-state index contributed by atoms with van der Waals surface area (Å²) in [7, 11) is 0. The fraction of sp³-hybridized carbons (Fsp3) is 1.00. The molecule has 0 aromatic rings. The molecule has 1 aliphatic rings. The highest BCUT2D eigenvalue weighted by molar-refractivity contribution is 4.84. The fourth-order valence-electron chi connectivity index (χ4n) is 3.09. The minimum Gasteiger partial charge on any atom is -0.396 e. The van der Waals surface area contributed by atoms with Gasteiger partial charge in [-0.2, -0.15) is 0 Å². The highest BCUT2D eigenvalue weighted by Crippen LogP contribution is 2.29. The van der Waals surface area contributed by atoms with E-state index in [1.54, 1.807) is 0 Å². The van der Waals surface area contributed by atoms with E-state index in [4.69, 9.17) is 4.74 Å². The van der Waals surface area contributed by atoms with Gasteiger partial charge in [-0.15, -0.1) is 0 Å². The molecule has 1 heterocycles. The van der Waals surface area contributed by atoms with E-state index < -0.39 is 0 Å². The lowest BCUT2D eigenvalue weighted by Crippen LogP contribution is -2.46. The third-order valence-electron chi connectivity index (χ3n) is 4.59. The summed E-state index contributed by atoms with van der Waals surface area (Å²) in [5.74, 6) is 0. The number of ether oxygens (including phenoxy) is 1. The minimum atomic E-state index is -0.0243. The summed E-state index contributed by atoms with van der Waals surface area (Å²) in [6, 6.07) is 0. The van der Waals surface area contributed by atoms with E-state index >= 15 is 0 Å². The predicted molar refractivity (Wildman–Crippen MR) is 84.1 cm³/mol. The molecule has 1 N–H and O–H groups in total. The minimum absolute atomic E-state index is 0.0243. The maximum absolute atomic E-state index is 9.76. The van der Waals surface area contributed by atoms with Crippen LogP contribution in [0, 0.1) is 5.41 Å². The first-order valence-corrected chi connectivity index (χ1v) is 8.33. The standard InChI is InChI=1S/C16H34N2O2/c1-4-17(5-2)10-8-11-18(6-3)13-16(14-19)9-7-12-20-15-16/h19H,4-15H2,1-3H3. The molecule has 1 unspecified atom stereocenters. The van der Waals surface area contributed by atoms with Crippen molar-refractivity contribution >= 4 is 0 Å². The van der Waals surface area contributed by atoms with Crippen LogP contribution in [0.15, 0.2) is 0 Å². The molecule has 20 heavy (non-hydrogen) atoms. The van der Waals surface area contributed by atoms with Crippen LogP contribution in [0.4, 0.5) is 0 Å². The number of hydrogen-bond donors (Lipinski definition) is 1. The van der Waals surface area contributed by atoms with Crippen LogP contribution >= 0.6 is 0 Å². The van der Waals surface area contributed by atoms with Gasteiger partial charge in [0.2, 0.25) is 0 Å². The van der Waals surface area contributed by atoms with Gasteiger partial charge in [0.25, 0.3) is 0 Å². The van der Waals surface area contributed by atoms with Crippen molar-refractivity contribution in [2.75, 3.05) is 59.1 Å². The summed E-state index contributed by atoms with van der Waals surface area (Å²) in [5.41, 5.74) is -0.0243. The third-order valence-corrected chi connectivity index (χ3v) is 4.59. The van der Waals surface area contributed by atoms with Crippen LogP contribution in [0.3, 0.4) is 0 Å². The quantitative estimate of drug-likeness (QED) is 0.665. The van der Waals surface area contributed by atoms with Crippen molar-refractivity contribution in [2.45, 2.75) is 40.0 Å². The molecule has 1 saturated heterocycles. The first-order chi connectivity index (χ1) is 9.69. The van der Waals surface area contributed by atoms with E-state index in [9.17, 15) is 5.11 Å². The summed E-state index contributed by atoms with van der Waals surface area (Å²) in [6.07, 6.45) is 3.38. The van der Waals surface area contributed by atoms with Gasteiger partial charge in [0.1, 0.15) is 0 Å². The third kappa shape index (κ3) is 5.68. The van der Waals surface area contributed by atoms with Crippen LogP contribution < -0.4 is 0 Å². The lowest BCUT2D eigenvalue weighted by atomic mass is 9.82. The van der Waals surface area contributed by atoms with Crippen molar-refractivity contribution < 1.29 is 9.84 Å². The Morgan fingerprint density at radius 3 is 2.20 bits per heavy atom. The summed E-state index contributed by atoms with van der Waals surface area (Å²) >= 11 is 0. The van der Waals surface area contributed by atoms with Crippen molar-refractivity contribution in [1.82, 2.24) is 9.80 Å². The van der Waals surface area contributed by atoms with Crippen LogP contribution in [0.5, 0.6) is 0 Å². The molecule has 0 spiro atoms. The van der Waals surface area contributed by atoms with E-state index in [2.05, 4.69) is 30.6 Å². The van der Waals surface area contributed by atoms with Gasteiger partial charge in [0.15, 0.2) is 0 Å². The van der Waals surface area contributed by atoms with Crippen LogP contribution in [0.2, 0.25) is 0 Å². The zero-order valence-corrected chi connectivity index (χ0v) is 13.7. The summed E-state index contributed by atoms with van der Waals surface area (Å²) in [6.45, 7) is 15.1. The van der Waals surface area contributed by atoms with Crippen molar-refractivity contribution in [3.05, 3.63) is 0 Å². The van der Waals surface area contributed by atoms with Crippen molar-refractivity contribution in [3.63, 3.8) is 0 Å². The van der Waals surface area contributed by atoms with Crippen molar-refractivity contribution in [3.8, 4) is 0 Å². The lowest BCUT2D eigenvalue weighted by molar-refractivity contribution is -0.0549. The molecule has 0 saturated carbocycles. The molecule has 4 heteroatoms. The fourth-order valence-corrected chi connectivity index (χ4v) is 3.09. The molecule has 0 amide bonds. The normalized spacial score (nSPS) is 23.7. The molecule has 1 aliphatic heterocycles. The lowest BCUT2D eigenvalue weighted by Gasteiger charge is -2.39. The Morgan fingerprint density at radius 1 is 1.05 bits per heavy atom. The van der Waals surface area contributed by atoms with Gasteiger partial charge in [-0.05, 0) is 52.0 Å². The molecule has 0 aliphatic carbocycles. The molecule has 0 aromatic carbocycles. The number of nitrogens with zero attached hydrogens (tertiary/aromatic N) is 2. The second-order valence-electron chi connectivity index (χ2n) is 6.06. The molecule has 0 radical (unpaired) electrons.